The van der Waals surface area contributed by atoms with Crippen LogP contribution in [0.1, 0.15) is 0 Å². The summed E-state index contributed by atoms with van der Waals surface area (Å²) in [6.07, 6.45) is 5.77. The molecular formula is C10H8Cl2N4O2. The van der Waals surface area contributed by atoms with Gasteiger partial charge < -0.3 is 9.47 Å². The van der Waals surface area contributed by atoms with Crippen LogP contribution in [0.4, 0.5) is 0 Å². The van der Waals surface area contributed by atoms with Crippen molar-refractivity contribution in [2.24, 2.45) is 0 Å². The molecule has 8 heteroatoms. The van der Waals surface area contributed by atoms with Crippen LogP contribution in [0.2, 0.25) is 10.3 Å². The molecule has 18 heavy (non-hydrogen) atoms. The van der Waals surface area contributed by atoms with Crippen LogP contribution >= 0.6 is 23.2 Å². The molecule has 6 nitrogen and oxygen atoms in total. The second kappa shape index (κ2) is 6.32. The highest BCUT2D eigenvalue weighted by molar-refractivity contribution is 6.29. The van der Waals surface area contributed by atoms with E-state index in [2.05, 4.69) is 19.9 Å². The quantitative estimate of drug-likeness (QED) is 0.784. The lowest BCUT2D eigenvalue weighted by Gasteiger charge is -2.06. The number of rotatable bonds is 5. The Morgan fingerprint density at radius 1 is 0.778 bits per heavy atom. The SMILES string of the molecule is Clc1cncc(OCCOc2cncc(Cl)n2)n1. The molecule has 0 aliphatic rings. The summed E-state index contributed by atoms with van der Waals surface area (Å²) < 4.78 is 10.5. The summed E-state index contributed by atoms with van der Waals surface area (Å²) in [5.74, 6) is 0.673. The van der Waals surface area contributed by atoms with Gasteiger partial charge >= 0.3 is 0 Å². The van der Waals surface area contributed by atoms with E-state index in [-0.39, 0.29) is 23.5 Å². The minimum Gasteiger partial charge on any atom is -0.473 e. The second-order valence-corrected chi connectivity index (χ2v) is 3.83. The number of hydrogen-bond donors (Lipinski definition) is 0. The van der Waals surface area contributed by atoms with E-state index in [1.807, 2.05) is 0 Å². The van der Waals surface area contributed by atoms with Crippen molar-refractivity contribution in [1.29, 1.82) is 0 Å². The van der Waals surface area contributed by atoms with Crippen LogP contribution in [-0.4, -0.2) is 33.1 Å². The van der Waals surface area contributed by atoms with Gasteiger partial charge in [0.15, 0.2) is 10.3 Å². The molecule has 0 saturated carbocycles. The summed E-state index contributed by atoms with van der Waals surface area (Å²) in [4.78, 5) is 15.5. The first-order valence-electron chi connectivity index (χ1n) is 4.95. The first kappa shape index (κ1) is 12.8. The Morgan fingerprint density at radius 2 is 1.22 bits per heavy atom. The predicted octanol–water partition coefficient (Wildman–Crippen LogP) is 2.03. The molecule has 0 saturated heterocycles. The van der Waals surface area contributed by atoms with Gasteiger partial charge in [-0.3, -0.25) is 9.97 Å². The summed E-state index contributed by atoms with van der Waals surface area (Å²) in [6, 6.07) is 0. The van der Waals surface area contributed by atoms with Crippen LogP contribution in [0.25, 0.3) is 0 Å². The van der Waals surface area contributed by atoms with Gasteiger partial charge in [0.25, 0.3) is 0 Å². The maximum Gasteiger partial charge on any atom is 0.233 e. The van der Waals surface area contributed by atoms with E-state index in [0.29, 0.717) is 11.8 Å². The highest BCUT2D eigenvalue weighted by Gasteiger charge is 2.00. The fourth-order valence-electron chi connectivity index (χ4n) is 1.08. The number of halogens is 2. The van der Waals surface area contributed by atoms with Gasteiger partial charge in [-0.1, -0.05) is 23.2 Å². The molecule has 0 N–H and O–H groups in total. The molecule has 0 bridgehead atoms. The van der Waals surface area contributed by atoms with E-state index in [0.717, 1.165) is 0 Å². The maximum atomic E-state index is 5.65. The van der Waals surface area contributed by atoms with Gasteiger partial charge in [-0.05, 0) is 0 Å². The topological polar surface area (TPSA) is 70.0 Å². The van der Waals surface area contributed by atoms with Crippen molar-refractivity contribution in [2.45, 2.75) is 0 Å². The Bertz CT molecular complexity index is 479. The van der Waals surface area contributed by atoms with E-state index in [4.69, 9.17) is 32.7 Å². The summed E-state index contributed by atoms with van der Waals surface area (Å²) in [5, 5.41) is 0.545. The second-order valence-electron chi connectivity index (χ2n) is 3.06. The van der Waals surface area contributed by atoms with Crippen molar-refractivity contribution in [3.63, 3.8) is 0 Å². The van der Waals surface area contributed by atoms with Gasteiger partial charge in [0.05, 0.1) is 24.8 Å². The normalized spacial score (nSPS) is 10.1. The minimum absolute atomic E-state index is 0.272. The average molecular weight is 287 g/mol. The van der Waals surface area contributed by atoms with Gasteiger partial charge in [-0.15, -0.1) is 0 Å². The van der Waals surface area contributed by atoms with E-state index in [1.165, 1.54) is 24.8 Å². The standard InChI is InChI=1S/C10H8Cl2N4O2/c11-7-3-13-5-9(15-7)17-1-2-18-10-6-14-4-8(12)16-10/h3-6H,1-2H2. The van der Waals surface area contributed by atoms with Gasteiger partial charge in [0.2, 0.25) is 11.8 Å². The highest BCUT2D eigenvalue weighted by atomic mass is 35.5. The Kier molecular flexibility index (Phi) is 4.49. The summed E-state index contributed by atoms with van der Waals surface area (Å²) in [6.45, 7) is 0.562. The van der Waals surface area contributed by atoms with Crippen LogP contribution in [0.5, 0.6) is 11.8 Å². The Labute approximate surface area is 113 Å². The Morgan fingerprint density at radius 3 is 1.61 bits per heavy atom. The predicted molar refractivity (Wildman–Crippen MR) is 65.1 cm³/mol. The third-order valence-electron chi connectivity index (χ3n) is 1.75. The Balaban J connectivity index is 1.76. The first-order valence-corrected chi connectivity index (χ1v) is 5.70. The zero-order valence-electron chi connectivity index (χ0n) is 9.08. The van der Waals surface area contributed by atoms with Crippen molar-refractivity contribution in [1.82, 2.24) is 19.9 Å². The van der Waals surface area contributed by atoms with Gasteiger partial charge in [-0.2, -0.15) is 9.97 Å². The molecule has 0 aliphatic heterocycles. The van der Waals surface area contributed by atoms with Crippen LogP contribution in [0.15, 0.2) is 24.8 Å². The molecule has 0 aliphatic carbocycles. The van der Waals surface area contributed by atoms with Gasteiger partial charge in [0, 0.05) is 0 Å². The zero-order valence-corrected chi connectivity index (χ0v) is 10.6. The lowest BCUT2D eigenvalue weighted by molar-refractivity contribution is 0.206. The van der Waals surface area contributed by atoms with Crippen molar-refractivity contribution in [2.75, 3.05) is 13.2 Å². The molecule has 2 heterocycles. The van der Waals surface area contributed by atoms with Gasteiger partial charge in [0.1, 0.15) is 13.2 Å². The van der Waals surface area contributed by atoms with Crippen LogP contribution < -0.4 is 9.47 Å². The van der Waals surface area contributed by atoms with E-state index < -0.39 is 0 Å². The fraction of sp³-hybridized carbons (Fsp3) is 0.200. The summed E-state index contributed by atoms with van der Waals surface area (Å²) in [5.41, 5.74) is 0. The summed E-state index contributed by atoms with van der Waals surface area (Å²) in [7, 11) is 0. The molecule has 2 aromatic rings. The number of hydrogen-bond acceptors (Lipinski definition) is 6. The molecule has 0 unspecified atom stereocenters. The average Bonchev–Trinajstić information content (AvgIpc) is 2.35. The molecule has 0 atom stereocenters. The molecule has 2 rings (SSSR count). The van der Waals surface area contributed by atoms with E-state index in [1.54, 1.807) is 0 Å². The molecule has 94 valence electrons. The first-order chi connectivity index (χ1) is 8.74. The van der Waals surface area contributed by atoms with E-state index in [9.17, 15) is 0 Å². The van der Waals surface area contributed by atoms with Crippen molar-refractivity contribution < 1.29 is 9.47 Å². The smallest absolute Gasteiger partial charge is 0.233 e. The van der Waals surface area contributed by atoms with Crippen LogP contribution in [0.3, 0.4) is 0 Å². The largest absolute Gasteiger partial charge is 0.473 e. The number of aromatic nitrogens is 4. The molecule has 0 radical (unpaired) electrons. The third kappa shape index (κ3) is 3.97. The molecule has 0 aromatic carbocycles. The lowest BCUT2D eigenvalue weighted by atomic mass is 10.7. The van der Waals surface area contributed by atoms with Crippen molar-refractivity contribution in [3.8, 4) is 11.8 Å². The summed E-state index contributed by atoms with van der Waals surface area (Å²) >= 11 is 11.3. The highest BCUT2D eigenvalue weighted by Crippen LogP contribution is 2.10. The molecule has 0 spiro atoms. The van der Waals surface area contributed by atoms with Gasteiger partial charge in [-0.25, -0.2) is 0 Å². The van der Waals surface area contributed by atoms with Crippen molar-refractivity contribution >= 4 is 23.2 Å². The van der Waals surface area contributed by atoms with E-state index >= 15 is 0 Å². The Hall–Kier alpha value is -1.66. The monoisotopic (exact) mass is 286 g/mol. The lowest BCUT2D eigenvalue weighted by Crippen LogP contribution is -2.10. The fourth-order valence-corrected chi connectivity index (χ4v) is 1.36. The number of ether oxygens (including phenoxy) is 2. The maximum absolute atomic E-state index is 5.65. The molecule has 0 fully saturated rings. The minimum atomic E-state index is 0.272. The molecule has 2 aromatic heterocycles. The number of nitrogens with zero attached hydrogens (tertiary/aromatic N) is 4. The van der Waals surface area contributed by atoms with Crippen LogP contribution in [0, 0.1) is 0 Å². The molecule has 0 amide bonds. The third-order valence-corrected chi connectivity index (χ3v) is 2.11. The zero-order chi connectivity index (χ0) is 12.8. The van der Waals surface area contributed by atoms with Crippen molar-refractivity contribution in [3.05, 3.63) is 35.1 Å². The molecular weight excluding hydrogens is 279 g/mol. The van der Waals surface area contributed by atoms with Crippen LogP contribution in [-0.2, 0) is 0 Å².